The molecule has 3 heteroatoms. The standard InChI is InChI=1S/C11H8FNO/c12-9-6-11(9,7-13)10(14)8-4-2-1-3-5-8/h1-5,9H,6H2. The van der Waals surface area contributed by atoms with E-state index >= 15 is 0 Å². The second kappa shape index (κ2) is 2.91. The Morgan fingerprint density at radius 3 is 2.50 bits per heavy atom. The van der Waals surface area contributed by atoms with Crippen LogP contribution < -0.4 is 0 Å². The van der Waals surface area contributed by atoms with Gasteiger partial charge in [-0.3, -0.25) is 4.79 Å². The summed E-state index contributed by atoms with van der Waals surface area (Å²) in [6.45, 7) is 0. The maximum absolute atomic E-state index is 12.9. The van der Waals surface area contributed by atoms with Crippen LogP contribution in [0.25, 0.3) is 0 Å². The molecule has 1 saturated carbocycles. The van der Waals surface area contributed by atoms with Crippen molar-refractivity contribution in [2.45, 2.75) is 12.6 Å². The first kappa shape index (κ1) is 8.89. The fourth-order valence-electron chi connectivity index (χ4n) is 1.47. The van der Waals surface area contributed by atoms with Crippen molar-refractivity contribution in [2.75, 3.05) is 0 Å². The number of hydrogen-bond acceptors (Lipinski definition) is 2. The predicted octanol–water partition coefficient (Wildman–Crippen LogP) is 2.12. The van der Waals surface area contributed by atoms with Crippen LogP contribution in [0.15, 0.2) is 30.3 Å². The van der Waals surface area contributed by atoms with Gasteiger partial charge in [-0.25, -0.2) is 4.39 Å². The maximum Gasteiger partial charge on any atom is 0.186 e. The van der Waals surface area contributed by atoms with E-state index < -0.39 is 17.4 Å². The van der Waals surface area contributed by atoms with E-state index in [0.717, 1.165) is 0 Å². The number of carbonyl (C=O) groups excluding carboxylic acids is 1. The third kappa shape index (κ3) is 1.12. The lowest BCUT2D eigenvalue weighted by Gasteiger charge is -2.03. The number of benzene rings is 1. The summed E-state index contributed by atoms with van der Waals surface area (Å²) in [6.07, 6.45) is -1.25. The summed E-state index contributed by atoms with van der Waals surface area (Å²) in [6, 6.07) is 10.2. The van der Waals surface area contributed by atoms with Gasteiger partial charge in [-0.1, -0.05) is 30.3 Å². The number of nitriles is 1. The molecule has 1 aliphatic carbocycles. The molecule has 2 unspecified atom stereocenters. The highest BCUT2D eigenvalue weighted by molar-refractivity contribution is 6.05. The SMILES string of the molecule is N#CC1(C(=O)c2ccccc2)CC1F. The Hall–Kier alpha value is -1.69. The third-order valence-corrected chi connectivity index (χ3v) is 2.52. The molecule has 14 heavy (non-hydrogen) atoms. The summed E-state index contributed by atoms with van der Waals surface area (Å²) in [5, 5.41) is 8.75. The van der Waals surface area contributed by atoms with Crippen LogP contribution >= 0.6 is 0 Å². The maximum atomic E-state index is 12.9. The van der Waals surface area contributed by atoms with E-state index in [1.54, 1.807) is 36.4 Å². The zero-order chi connectivity index (χ0) is 10.2. The minimum Gasteiger partial charge on any atom is -0.292 e. The summed E-state index contributed by atoms with van der Waals surface area (Å²) in [5.41, 5.74) is -0.976. The fraction of sp³-hybridized carbons (Fsp3) is 0.273. The minimum atomic E-state index is -1.39. The van der Waals surface area contributed by atoms with Gasteiger partial charge in [-0.05, 0) is 0 Å². The molecule has 2 nitrogen and oxygen atoms in total. The fourth-order valence-corrected chi connectivity index (χ4v) is 1.47. The molecule has 0 spiro atoms. The van der Waals surface area contributed by atoms with Gasteiger partial charge in [0.15, 0.2) is 11.2 Å². The van der Waals surface area contributed by atoms with Gasteiger partial charge in [0.05, 0.1) is 6.07 Å². The number of Topliss-reactive ketones (excluding diaryl/α,β-unsaturated/α-hetero) is 1. The van der Waals surface area contributed by atoms with Crippen molar-refractivity contribution in [3.63, 3.8) is 0 Å². The summed E-state index contributed by atoms with van der Waals surface area (Å²) in [7, 11) is 0. The Balaban J connectivity index is 2.31. The van der Waals surface area contributed by atoms with Gasteiger partial charge in [0.2, 0.25) is 0 Å². The Bertz CT molecular complexity index is 409. The smallest absolute Gasteiger partial charge is 0.186 e. The number of ketones is 1. The number of rotatable bonds is 2. The molecule has 0 heterocycles. The largest absolute Gasteiger partial charge is 0.292 e. The van der Waals surface area contributed by atoms with Gasteiger partial charge in [0, 0.05) is 12.0 Å². The molecule has 70 valence electrons. The topological polar surface area (TPSA) is 40.9 Å². The highest BCUT2D eigenvalue weighted by atomic mass is 19.1. The number of carbonyl (C=O) groups is 1. The number of halogens is 1. The summed E-state index contributed by atoms with van der Waals surface area (Å²) in [4.78, 5) is 11.7. The predicted molar refractivity (Wildman–Crippen MR) is 48.3 cm³/mol. The van der Waals surface area contributed by atoms with Gasteiger partial charge >= 0.3 is 0 Å². The van der Waals surface area contributed by atoms with Gasteiger partial charge < -0.3 is 0 Å². The van der Waals surface area contributed by atoms with Crippen LogP contribution in [0.1, 0.15) is 16.8 Å². The van der Waals surface area contributed by atoms with Gasteiger partial charge in [-0.15, -0.1) is 0 Å². The molecule has 0 radical (unpaired) electrons. The Labute approximate surface area is 81.0 Å². The minimum absolute atomic E-state index is 0.0389. The van der Waals surface area contributed by atoms with Gasteiger partial charge in [0.25, 0.3) is 0 Å². The number of alkyl halides is 1. The summed E-state index contributed by atoms with van der Waals surface area (Å²) < 4.78 is 12.9. The highest BCUT2D eigenvalue weighted by Crippen LogP contribution is 2.50. The second-order valence-electron chi connectivity index (χ2n) is 3.45. The second-order valence-corrected chi connectivity index (χ2v) is 3.45. The van der Waals surface area contributed by atoms with Gasteiger partial charge in [0.1, 0.15) is 6.17 Å². The molecule has 0 amide bonds. The quantitative estimate of drug-likeness (QED) is 0.668. The first-order valence-electron chi connectivity index (χ1n) is 4.36. The van der Waals surface area contributed by atoms with Crippen LogP contribution in [0.5, 0.6) is 0 Å². The lowest BCUT2D eigenvalue weighted by molar-refractivity contribution is 0.0919. The Morgan fingerprint density at radius 1 is 1.50 bits per heavy atom. The highest BCUT2D eigenvalue weighted by Gasteiger charge is 2.62. The van der Waals surface area contributed by atoms with Crippen LogP contribution in [-0.2, 0) is 0 Å². The van der Waals surface area contributed by atoms with E-state index in [9.17, 15) is 9.18 Å². The van der Waals surface area contributed by atoms with Crippen LogP contribution in [0, 0.1) is 16.7 Å². The van der Waals surface area contributed by atoms with Crippen LogP contribution in [0.4, 0.5) is 4.39 Å². The molecule has 1 aromatic rings. The van der Waals surface area contributed by atoms with E-state index in [-0.39, 0.29) is 6.42 Å². The zero-order valence-corrected chi connectivity index (χ0v) is 7.40. The first-order valence-corrected chi connectivity index (χ1v) is 4.36. The van der Waals surface area contributed by atoms with Crippen LogP contribution in [-0.4, -0.2) is 12.0 Å². The van der Waals surface area contributed by atoms with Crippen LogP contribution in [0.2, 0.25) is 0 Å². The van der Waals surface area contributed by atoms with Crippen molar-refractivity contribution in [3.8, 4) is 6.07 Å². The van der Waals surface area contributed by atoms with Crippen LogP contribution in [0.3, 0.4) is 0 Å². The Kier molecular flexibility index (Phi) is 1.85. The molecule has 1 aromatic carbocycles. The monoisotopic (exact) mass is 189 g/mol. The molecule has 1 aliphatic rings. The average Bonchev–Trinajstić information content (AvgIpc) is 2.91. The van der Waals surface area contributed by atoms with E-state index in [2.05, 4.69) is 0 Å². The molecule has 2 rings (SSSR count). The van der Waals surface area contributed by atoms with Crippen molar-refractivity contribution in [3.05, 3.63) is 35.9 Å². The molecular weight excluding hydrogens is 181 g/mol. The van der Waals surface area contributed by atoms with E-state index in [4.69, 9.17) is 5.26 Å². The third-order valence-electron chi connectivity index (χ3n) is 2.52. The van der Waals surface area contributed by atoms with Gasteiger partial charge in [-0.2, -0.15) is 5.26 Å². The summed E-state index contributed by atoms with van der Waals surface area (Å²) in [5.74, 6) is -0.395. The Morgan fingerprint density at radius 2 is 2.07 bits per heavy atom. The molecule has 0 bridgehead atoms. The van der Waals surface area contributed by atoms with Crippen molar-refractivity contribution < 1.29 is 9.18 Å². The van der Waals surface area contributed by atoms with E-state index in [1.165, 1.54) is 0 Å². The lowest BCUT2D eigenvalue weighted by Crippen LogP contribution is -2.16. The van der Waals surface area contributed by atoms with E-state index in [1.807, 2.05) is 0 Å². The molecule has 1 fully saturated rings. The summed E-state index contributed by atoms with van der Waals surface area (Å²) >= 11 is 0. The molecule has 2 atom stereocenters. The number of nitrogens with zero attached hydrogens (tertiary/aromatic N) is 1. The lowest BCUT2D eigenvalue weighted by atomic mass is 9.96. The molecular formula is C11H8FNO. The molecule has 0 aromatic heterocycles. The van der Waals surface area contributed by atoms with Crippen molar-refractivity contribution in [1.82, 2.24) is 0 Å². The molecule has 0 N–H and O–H groups in total. The molecule has 0 saturated heterocycles. The van der Waals surface area contributed by atoms with Crippen molar-refractivity contribution >= 4 is 5.78 Å². The first-order chi connectivity index (χ1) is 6.70. The average molecular weight is 189 g/mol. The van der Waals surface area contributed by atoms with Crippen molar-refractivity contribution in [2.24, 2.45) is 5.41 Å². The van der Waals surface area contributed by atoms with Crippen molar-refractivity contribution in [1.29, 1.82) is 5.26 Å². The zero-order valence-electron chi connectivity index (χ0n) is 7.40. The van der Waals surface area contributed by atoms with E-state index in [0.29, 0.717) is 5.56 Å². The normalized spacial score (nSPS) is 29.3. The molecule has 0 aliphatic heterocycles. The number of hydrogen-bond donors (Lipinski definition) is 0.